The lowest BCUT2D eigenvalue weighted by Gasteiger charge is -2.31. The summed E-state index contributed by atoms with van der Waals surface area (Å²) >= 11 is 4.92. The van der Waals surface area contributed by atoms with E-state index in [1.165, 1.54) is 0 Å². The first-order chi connectivity index (χ1) is 9.77. The van der Waals surface area contributed by atoms with Crippen LogP contribution in [0, 0.1) is 0 Å². The molecule has 0 saturated carbocycles. The molecule has 0 atom stereocenters. The van der Waals surface area contributed by atoms with Crippen LogP contribution in [-0.2, 0) is 15.8 Å². The highest BCUT2D eigenvalue weighted by Gasteiger charge is 2.29. The topological polar surface area (TPSA) is 72.2 Å². The molecule has 0 aliphatic heterocycles. The van der Waals surface area contributed by atoms with Gasteiger partial charge >= 0.3 is 0 Å². The third-order valence-corrected chi connectivity index (χ3v) is 5.66. The third kappa shape index (κ3) is 5.05. The summed E-state index contributed by atoms with van der Waals surface area (Å²) < 4.78 is 27.7. The van der Waals surface area contributed by atoms with Crippen molar-refractivity contribution in [3.63, 3.8) is 0 Å². The van der Waals surface area contributed by atoms with Crippen molar-refractivity contribution in [1.82, 2.24) is 4.72 Å². The average Bonchev–Trinajstić information content (AvgIpc) is 2.44. The molecular formula is C15H24N2O2S2. The van der Waals surface area contributed by atoms with E-state index in [2.05, 4.69) is 4.72 Å². The number of nitrogens with two attached hydrogens (primary N) is 1. The van der Waals surface area contributed by atoms with Crippen LogP contribution in [0.1, 0.15) is 51.2 Å². The quantitative estimate of drug-likeness (QED) is 0.720. The van der Waals surface area contributed by atoms with E-state index in [1.807, 2.05) is 20.8 Å². The van der Waals surface area contributed by atoms with Gasteiger partial charge in [-0.15, -0.1) is 0 Å². The first-order valence-corrected chi connectivity index (χ1v) is 9.24. The highest BCUT2D eigenvalue weighted by Crippen LogP contribution is 2.21. The van der Waals surface area contributed by atoms with Gasteiger partial charge < -0.3 is 5.73 Å². The van der Waals surface area contributed by atoms with Crippen LogP contribution in [0.25, 0.3) is 0 Å². The molecule has 0 aliphatic rings. The lowest BCUT2D eigenvalue weighted by atomic mass is 9.91. The van der Waals surface area contributed by atoms with Gasteiger partial charge in [0.25, 0.3) is 0 Å². The fourth-order valence-electron chi connectivity index (χ4n) is 2.37. The first kappa shape index (κ1) is 18.1. The number of hydrogen-bond donors (Lipinski definition) is 2. The molecule has 0 aromatic heterocycles. The fourth-order valence-corrected chi connectivity index (χ4v) is 4.28. The Bertz CT molecular complexity index is 585. The van der Waals surface area contributed by atoms with Gasteiger partial charge in [-0.25, -0.2) is 13.1 Å². The van der Waals surface area contributed by atoms with Crippen LogP contribution in [0.15, 0.2) is 24.3 Å². The Labute approximate surface area is 133 Å². The summed E-state index contributed by atoms with van der Waals surface area (Å²) in [6.07, 6.45) is 2.31. The van der Waals surface area contributed by atoms with Crippen molar-refractivity contribution in [1.29, 1.82) is 0 Å². The molecule has 0 amide bonds. The molecule has 1 aromatic rings. The van der Waals surface area contributed by atoms with Crippen molar-refractivity contribution >= 4 is 27.2 Å². The summed E-state index contributed by atoms with van der Waals surface area (Å²) in [5.41, 5.74) is 6.59. The minimum Gasteiger partial charge on any atom is -0.389 e. The average molecular weight is 329 g/mol. The number of hydrogen-bond acceptors (Lipinski definition) is 3. The molecule has 118 valence electrons. The van der Waals surface area contributed by atoms with Crippen molar-refractivity contribution in [3.8, 4) is 0 Å². The second-order valence-corrected chi connectivity index (χ2v) is 7.43. The zero-order valence-corrected chi connectivity index (χ0v) is 14.5. The van der Waals surface area contributed by atoms with E-state index < -0.39 is 10.0 Å². The molecule has 21 heavy (non-hydrogen) atoms. The van der Waals surface area contributed by atoms with Gasteiger partial charge in [-0.05, 0) is 30.9 Å². The third-order valence-electron chi connectivity index (χ3n) is 3.97. The van der Waals surface area contributed by atoms with Gasteiger partial charge in [0.15, 0.2) is 0 Å². The van der Waals surface area contributed by atoms with E-state index in [1.54, 1.807) is 24.3 Å². The highest BCUT2D eigenvalue weighted by molar-refractivity contribution is 7.88. The summed E-state index contributed by atoms with van der Waals surface area (Å²) in [6.45, 7) is 6.01. The molecule has 0 spiro atoms. The van der Waals surface area contributed by atoms with Gasteiger partial charge in [-0.1, -0.05) is 51.2 Å². The van der Waals surface area contributed by atoms with E-state index in [9.17, 15) is 8.42 Å². The van der Waals surface area contributed by atoms with Crippen molar-refractivity contribution < 1.29 is 8.42 Å². The fraction of sp³-hybridized carbons (Fsp3) is 0.533. The monoisotopic (exact) mass is 328 g/mol. The van der Waals surface area contributed by atoms with Crippen molar-refractivity contribution in [3.05, 3.63) is 35.4 Å². The lowest BCUT2D eigenvalue weighted by molar-refractivity contribution is 0.341. The maximum atomic E-state index is 12.4. The largest absolute Gasteiger partial charge is 0.389 e. The van der Waals surface area contributed by atoms with E-state index in [-0.39, 0.29) is 16.3 Å². The van der Waals surface area contributed by atoms with Crippen molar-refractivity contribution in [2.24, 2.45) is 5.73 Å². The Hall–Kier alpha value is -0.980. The first-order valence-electron chi connectivity index (χ1n) is 7.18. The van der Waals surface area contributed by atoms with E-state index in [0.717, 1.165) is 19.3 Å². The van der Waals surface area contributed by atoms with Crippen LogP contribution in [0.4, 0.5) is 0 Å². The molecule has 6 heteroatoms. The van der Waals surface area contributed by atoms with Crippen LogP contribution in [0.5, 0.6) is 0 Å². The van der Waals surface area contributed by atoms with Gasteiger partial charge in [-0.2, -0.15) is 0 Å². The molecule has 1 aromatic carbocycles. The molecule has 0 fully saturated rings. The van der Waals surface area contributed by atoms with Crippen LogP contribution < -0.4 is 10.5 Å². The van der Waals surface area contributed by atoms with Crippen molar-refractivity contribution in [2.75, 3.05) is 0 Å². The molecule has 0 saturated heterocycles. The Morgan fingerprint density at radius 3 is 2.29 bits per heavy atom. The number of thiocarbonyl (C=S) groups is 1. The van der Waals surface area contributed by atoms with E-state index in [4.69, 9.17) is 18.0 Å². The standard InChI is InChI=1S/C15H24N2O2S2/c1-4-15(5-2,6-3)17-21(18,19)11-12-8-7-9-13(10-12)14(16)20/h7-10,17H,4-6,11H2,1-3H3,(H2,16,20). The predicted molar refractivity (Wildman–Crippen MR) is 91.7 cm³/mol. The van der Waals surface area contributed by atoms with Gasteiger partial charge in [-0.3, -0.25) is 0 Å². The van der Waals surface area contributed by atoms with Gasteiger partial charge in [0.1, 0.15) is 4.99 Å². The summed E-state index contributed by atoms with van der Waals surface area (Å²) in [7, 11) is -3.41. The summed E-state index contributed by atoms with van der Waals surface area (Å²) in [6, 6.07) is 7.05. The molecule has 1 rings (SSSR count). The molecule has 4 nitrogen and oxygen atoms in total. The second-order valence-electron chi connectivity index (χ2n) is 5.27. The van der Waals surface area contributed by atoms with Gasteiger partial charge in [0, 0.05) is 11.1 Å². The zero-order valence-electron chi connectivity index (χ0n) is 12.8. The highest BCUT2D eigenvalue weighted by atomic mass is 32.2. The molecule has 0 aliphatic carbocycles. The number of rotatable bonds is 8. The summed E-state index contributed by atoms with van der Waals surface area (Å²) in [5, 5.41) is 0. The smallest absolute Gasteiger partial charge is 0.216 e. The van der Waals surface area contributed by atoms with Crippen LogP contribution in [-0.4, -0.2) is 18.9 Å². The number of benzene rings is 1. The predicted octanol–water partition coefficient (Wildman–Crippen LogP) is 2.71. The normalized spacial score (nSPS) is 12.3. The molecule has 0 radical (unpaired) electrons. The zero-order chi connectivity index (χ0) is 16.1. The van der Waals surface area contributed by atoms with E-state index >= 15 is 0 Å². The SMILES string of the molecule is CCC(CC)(CC)NS(=O)(=O)Cc1cccc(C(N)=S)c1. The molecule has 0 unspecified atom stereocenters. The van der Waals surface area contributed by atoms with Gasteiger partial charge in [0.05, 0.1) is 5.75 Å². The van der Waals surface area contributed by atoms with Crippen molar-refractivity contribution in [2.45, 2.75) is 51.3 Å². The molecule has 0 bridgehead atoms. The maximum absolute atomic E-state index is 12.4. The minimum atomic E-state index is -3.41. The molecule has 0 heterocycles. The van der Waals surface area contributed by atoms with Gasteiger partial charge in [0.2, 0.25) is 10.0 Å². The Balaban J connectivity index is 2.95. The number of nitrogens with one attached hydrogen (secondary N) is 1. The molecule has 3 N–H and O–H groups in total. The number of sulfonamides is 1. The lowest BCUT2D eigenvalue weighted by Crippen LogP contribution is -2.47. The molecular weight excluding hydrogens is 304 g/mol. The van der Waals surface area contributed by atoms with Crippen LogP contribution in [0.3, 0.4) is 0 Å². The summed E-state index contributed by atoms with van der Waals surface area (Å²) in [4.78, 5) is 0.271. The van der Waals surface area contributed by atoms with E-state index in [0.29, 0.717) is 11.1 Å². The maximum Gasteiger partial charge on any atom is 0.216 e. The van der Waals surface area contributed by atoms with Crippen LogP contribution in [0.2, 0.25) is 0 Å². The second kappa shape index (κ2) is 7.33. The van der Waals surface area contributed by atoms with Crippen LogP contribution >= 0.6 is 12.2 Å². The Kier molecular flexibility index (Phi) is 6.31. The Morgan fingerprint density at radius 1 is 1.24 bits per heavy atom. The Morgan fingerprint density at radius 2 is 1.81 bits per heavy atom. The minimum absolute atomic E-state index is 0.0643. The summed E-state index contributed by atoms with van der Waals surface area (Å²) in [5.74, 6) is -0.0643.